The molecule has 0 atom stereocenters. The quantitative estimate of drug-likeness (QED) is 0.662. The molecule has 8 nitrogen and oxygen atoms in total. The van der Waals surface area contributed by atoms with E-state index in [9.17, 15) is 13.2 Å². The second-order valence-corrected chi connectivity index (χ2v) is 9.31. The van der Waals surface area contributed by atoms with Crippen molar-refractivity contribution in [1.29, 1.82) is 0 Å². The molecule has 0 spiro atoms. The van der Waals surface area contributed by atoms with Crippen molar-refractivity contribution < 1.29 is 13.2 Å². The van der Waals surface area contributed by atoms with Gasteiger partial charge in [-0.15, -0.1) is 10.2 Å². The number of nitrogens with zero attached hydrogens (tertiary/aromatic N) is 4. The Bertz CT molecular complexity index is 1080. The zero-order valence-corrected chi connectivity index (χ0v) is 17.2. The Hall–Kier alpha value is -2.69. The van der Waals surface area contributed by atoms with Gasteiger partial charge in [-0.3, -0.25) is 4.79 Å². The number of anilines is 1. The van der Waals surface area contributed by atoms with E-state index in [1.54, 1.807) is 18.5 Å². The molecular weight excluding hydrogens is 398 g/mol. The van der Waals surface area contributed by atoms with Crippen molar-refractivity contribution >= 4 is 33.4 Å². The van der Waals surface area contributed by atoms with Crippen LogP contribution in [0.2, 0.25) is 0 Å². The molecule has 0 aliphatic carbocycles. The third-order valence-corrected chi connectivity index (χ3v) is 6.78. The Morgan fingerprint density at radius 1 is 1.07 bits per heavy atom. The molecule has 0 unspecified atom stereocenters. The summed E-state index contributed by atoms with van der Waals surface area (Å²) in [4.78, 5) is 13.5. The molecule has 1 N–H and O–H groups in total. The highest BCUT2D eigenvalue weighted by Crippen LogP contribution is 2.26. The number of aromatic nitrogens is 3. The summed E-state index contributed by atoms with van der Waals surface area (Å²) in [5.41, 5.74) is 1.01. The number of rotatable bonds is 6. The average Bonchev–Trinajstić information content (AvgIpc) is 3.08. The number of carbonyl (C=O) groups is 1. The highest BCUT2D eigenvalue weighted by molar-refractivity contribution is 7.99. The van der Waals surface area contributed by atoms with Crippen LogP contribution >= 0.6 is 11.8 Å². The molecule has 0 saturated heterocycles. The van der Waals surface area contributed by atoms with Gasteiger partial charge in [-0.2, -0.15) is 0 Å². The molecule has 1 amide bonds. The van der Waals surface area contributed by atoms with Crippen LogP contribution in [0, 0.1) is 0 Å². The topological polar surface area (TPSA) is 97.2 Å². The van der Waals surface area contributed by atoms with Crippen LogP contribution in [0.3, 0.4) is 0 Å². The van der Waals surface area contributed by atoms with E-state index in [4.69, 9.17) is 0 Å². The minimum atomic E-state index is -3.52. The minimum absolute atomic E-state index is 0.138. The monoisotopic (exact) mass is 417 g/mol. The van der Waals surface area contributed by atoms with Crippen LogP contribution in [0.4, 0.5) is 5.69 Å². The number of hydrogen-bond donors (Lipinski definition) is 1. The van der Waals surface area contributed by atoms with Crippen molar-refractivity contribution in [3.05, 3.63) is 60.4 Å². The summed E-state index contributed by atoms with van der Waals surface area (Å²) >= 11 is 1.47. The summed E-state index contributed by atoms with van der Waals surface area (Å²) in [7, 11) is 1.27. The van der Waals surface area contributed by atoms with Crippen LogP contribution in [0.15, 0.2) is 69.8 Å². The number of nitrogens with one attached hydrogen (secondary N) is 1. The third kappa shape index (κ3) is 4.41. The lowest BCUT2D eigenvalue weighted by atomic mass is 10.2. The molecule has 3 rings (SSSR count). The van der Waals surface area contributed by atoms with Gasteiger partial charge in [-0.25, -0.2) is 12.7 Å². The molecule has 0 saturated carbocycles. The first-order valence-electron chi connectivity index (χ1n) is 8.23. The normalized spacial score (nSPS) is 11.6. The summed E-state index contributed by atoms with van der Waals surface area (Å²) in [5, 5.41) is 11.4. The van der Waals surface area contributed by atoms with Gasteiger partial charge in [0, 0.05) is 37.3 Å². The van der Waals surface area contributed by atoms with Gasteiger partial charge in [0.2, 0.25) is 10.0 Å². The number of hydrogen-bond acceptors (Lipinski definition) is 6. The van der Waals surface area contributed by atoms with Crippen molar-refractivity contribution in [3.63, 3.8) is 0 Å². The van der Waals surface area contributed by atoms with Crippen LogP contribution in [0.1, 0.15) is 10.4 Å². The Kier molecular flexibility index (Phi) is 5.82. The molecule has 10 heteroatoms. The van der Waals surface area contributed by atoms with E-state index in [2.05, 4.69) is 15.5 Å². The van der Waals surface area contributed by atoms with E-state index >= 15 is 0 Å². The maximum Gasteiger partial charge on any atom is 0.255 e. The van der Waals surface area contributed by atoms with Gasteiger partial charge in [-0.1, -0.05) is 0 Å². The van der Waals surface area contributed by atoms with Gasteiger partial charge < -0.3 is 9.88 Å². The predicted molar refractivity (Wildman–Crippen MR) is 107 cm³/mol. The predicted octanol–water partition coefficient (Wildman–Crippen LogP) is 2.47. The molecule has 0 aliphatic heterocycles. The lowest BCUT2D eigenvalue weighted by Gasteiger charge is -2.11. The molecular formula is C18H19N5O3S2. The summed E-state index contributed by atoms with van der Waals surface area (Å²) in [6.45, 7) is 0. The van der Waals surface area contributed by atoms with Gasteiger partial charge >= 0.3 is 0 Å². The summed E-state index contributed by atoms with van der Waals surface area (Å²) in [6, 6.07) is 13.2. The Balaban J connectivity index is 1.67. The van der Waals surface area contributed by atoms with E-state index < -0.39 is 10.0 Å². The fraction of sp³-hybridized carbons (Fsp3) is 0.167. The molecule has 3 aromatic rings. The zero-order valence-electron chi connectivity index (χ0n) is 15.5. The first-order chi connectivity index (χ1) is 13.3. The van der Waals surface area contributed by atoms with Crippen molar-refractivity contribution in [2.75, 3.05) is 19.4 Å². The fourth-order valence-electron chi connectivity index (χ4n) is 2.27. The fourth-order valence-corrected chi connectivity index (χ4v) is 3.93. The van der Waals surface area contributed by atoms with Gasteiger partial charge in [-0.05, 0) is 60.3 Å². The largest absolute Gasteiger partial charge is 0.322 e. The maximum absolute atomic E-state index is 12.4. The standard InChI is InChI=1S/C18H19N5O3S2/c1-22(2)28(25,26)16-10-4-13(5-11-16)17(24)20-14-6-8-15(9-7-14)27-18-21-19-12-23(18)3/h4-12H,1-3H3,(H,20,24). The lowest BCUT2D eigenvalue weighted by molar-refractivity contribution is 0.102. The van der Waals surface area contributed by atoms with Crippen LogP contribution in [0.25, 0.3) is 0 Å². The van der Waals surface area contributed by atoms with Gasteiger partial charge in [0.05, 0.1) is 4.90 Å². The van der Waals surface area contributed by atoms with Crippen molar-refractivity contribution in [3.8, 4) is 0 Å². The van der Waals surface area contributed by atoms with E-state index in [0.717, 1.165) is 14.4 Å². The van der Waals surface area contributed by atoms with E-state index in [-0.39, 0.29) is 10.8 Å². The van der Waals surface area contributed by atoms with E-state index in [0.29, 0.717) is 11.3 Å². The minimum Gasteiger partial charge on any atom is -0.322 e. The maximum atomic E-state index is 12.4. The second kappa shape index (κ2) is 8.13. The Labute approximate surface area is 167 Å². The Morgan fingerprint density at radius 3 is 2.25 bits per heavy atom. The van der Waals surface area contributed by atoms with Gasteiger partial charge in [0.15, 0.2) is 5.16 Å². The molecule has 0 radical (unpaired) electrons. The van der Waals surface area contributed by atoms with Crippen LogP contribution in [-0.4, -0.2) is 47.5 Å². The summed E-state index contributed by atoms with van der Waals surface area (Å²) in [6.07, 6.45) is 1.63. The van der Waals surface area contributed by atoms with Crippen molar-refractivity contribution in [2.24, 2.45) is 7.05 Å². The number of aryl methyl sites for hydroxylation is 1. The molecule has 0 bridgehead atoms. The summed E-state index contributed by atoms with van der Waals surface area (Å²) in [5.74, 6) is -0.317. The van der Waals surface area contributed by atoms with E-state index in [1.165, 1.54) is 50.1 Å². The second-order valence-electron chi connectivity index (χ2n) is 6.12. The van der Waals surface area contributed by atoms with Crippen LogP contribution < -0.4 is 5.32 Å². The van der Waals surface area contributed by atoms with Crippen LogP contribution in [0.5, 0.6) is 0 Å². The van der Waals surface area contributed by atoms with Crippen LogP contribution in [-0.2, 0) is 17.1 Å². The highest BCUT2D eigenvalue weighted by Gasteiger charge is 2.17. The van der Waals surface area contributed by atoms with Crippen molar-refractivity contribution in [1.82, 2.24) is 19.1 Å². The molecule has 2 aromatic carbocycles. The number of amides is 1. The zero-order chi connectivity index (χ0) is 20.3. The highest BCUT2D eigenvalue weighted by atomic mass is 32.2. The summed E-state index contributed by atoms with van der Waals surface area (Å²) < 4.78 is 27.1. The molecule has 1 aromatic heterocycles. The van der Waals surface area contributed by atoms with Gasteiger partial charge in [0.25, 0.3) is 5.91 Å². The first kappa shape index (κ1) is 20.1. The molecule has 28 heavy (non-hydrogen) atoms. The molecule has 0 fully saturated rings. The third-order valence-electron chi connectivity index (χ3n) is 3.89. The molecule has 1 heterocycles. The smallest absolute Gasteiger partial charge is 0.255 e. The van der Waals surface area contributed by atoms with Crippen molar-refractivity contribution in [2.45, 2.75) is 14.9 Å². The Morgan fingerprint density at radius 2 is 1.71 bits per heavy atom. The first-order valence-corrected chi connectivity index (χ1v) is 10.5. The lowest BCUT2D eigenvalue weighted by Crippen LogP contribution is -2.22. The van der Waals surface area contributed by atoms with Gasteiger partial charge in [0.1, 0.15) is 6.33 Å². The molecule has 146 valence electrons. The SMILES string of the molecule is CN(C)S(=O)(=O)c1ccc(C(=O)Nc2ccc(Sc3nncn3C)cc2)cc1. The number of carbonyl (C=O) groups excluding carboxylic acids is 1. The van der Waals surface area contributed by atoms with E-state index in [1.807, 2.05) is 23.7 Å². The molecule has 0 aliphatic rings. The number of benzene rings is 2. The average molecular weight is 418 g/mol. The number of sulfonamides is 1.